The normalized spacial score (nSPS) is 17.5. The Labute approximate surface area is 185 Å². The number of anilines is 2. The van der Waals surface area contributed by atoms with E-state index in [4.69, 9.17) is 0 Å². The number of benzene rings is 2. The van der Waals surface area contributed by atoms with Gasteiger partial charge in [-0.15, -0.1) is 0 Å². The number of rotatable bonds is 4. The lowest BCUT2D eigenvalue weighted by molar-refractivity contribution is -0.384. The third kappa shape index (κ3) is 4.51. The Morgan fingerprint density at radius 1 is 0.938 bits per heavy atom. The summed E-state index contributed by atoms with van der Waals surface area (Å²) in [7, 11) is 0. The predicted octanol–water partition coefficient (Wildman–Crippen LogP) is 4.07. The van der Waals surface area contributed by atoms with E-state index in [1.807, 2.05) is 9.80 Å². The summed E-state index contributed by atoms with van der Waals surface area (Å²) in [6.45, 7) is 5.10. The minimum atomic E-state index is -0.583. The number of nitrogens with zero attached hydrogens (tertiary/aromatic N) is 4. The monoisotopic (exact) mass is 444 g/mol. The molecule has 9 heteroatoms. The van der Waals surface area contributed by atoms with Crippen LogP contribution in [0.15, 0.2) is 36.4 Å². The van der Waals surface area contributed by atoms with Gasteiger partial charge >= 0.3 is 0 Å². The number of halogens is 2. The van der Waals surface area contributed by atoms with Gasteiger partial charge in [0.15, 0.2) is 5.82 Å². The van der Waals surface area contributed by atoms with Crippen LogP contribution in [0.5, 0.6) is 0 Å². The number of hydrogen-bond donors (Lipinski definition) is 0. The Morgan fingerprint density at radius 2 is 1.53 bits per heavy atom. The van der Waals surface area contributed by atoms with Gasteiger partial charge in [0.05, 0.1) is 16.7 Å². The van der Waals surface area contributed by atoms with Crippen LogP contribution in [0.2, 0.25) is 0 Å². The Morgan fingerprint density at radius 3 is 2.12 bits per heavy atom. The van der Waals surface area contributed by atoms with E-state index in [1.54, 1.807) is 11.0 Å². The van der Waals surface area contributed by atoms with Crippen LogP contribution in [0.25, 0.3) is 0 Å². The number of piperazine rings is 1. The largest absolute Gasteiger partial charge is 0.369 e. The number of hydrogen-bond acceptors (Lipinski definition) is 5. The maximum Gasteiger partial charge on any atom is 0.295 e. The predicted molar refractivity (Wildman–Crippen MR) is 118 cm³/mol. The van der Waals surface area contributed by atoms with Crippen LogP contribution in [0, 0.1) is 27.7 Å². The number of carbonyl (C=O) groups is 1. The third-order valence-corrected chi connectivity index (χ3v) is 6.36. The van der Waals surface area contributed by atoms with Gasteiger partial charge in [-0.1, -0.05) is 6.92 Å². The molecule has 2 heterocycles. The van der Waals surface area contributed by atoms with Crippen molar-refractivity contribution in [3.63, 3.8) is 0 Å². The maximum absolute atomic E-state index is 14.8. The zero-order valence-electron chi connectivity index (χ0n) is 18.0. The first kappa shape index (κ1) is 22.0. The maximum atomic E-state index is 14.8. The first-order valence-corrected chi connectivity index (χ1v) is 10.9. The molecular formula is C23H26F2N4O3. The lowest BCUT2D eigenvalue weighted by Crippen LogP contribution is -2.49. The fourth-order valence-corrected chi connectivity index (χ4v) is 4.36. The molecular weight excluding hydrogens is 418 g/mol. The van der Waals surface area contributed by atoms with Gasteiger partial charge in [-0.05, 0) is 49.1 Å². The second-order valence-corrected chi connectivity index (χ2v) is 8.51. The smallest absolute Gasteiger partial charge is 0.295 e. The van der Waals surface area contributed by atoms with Crippen LogP contribution in [-0.4, -0.2) is 55.0 Å². The van der Waals surface area contributed by atoms with Crippen molar-refractivity contribution in [2.75, 3.05) is 49.1 Å². The van der Waals surface area contributed by atoms with Gasteiger partial charge in [-0.3, -0.25) is 14.9 Å². The highest BCUT2D eigenvalue weighted by Gasteiger charge is 2.29. The van der Waals surface area contributed by atoms with E-state index in [0.29, 0.717) is 49.0 Å². The summed E-state index contributed by atoms with van der Waals surface area (Å²) >= 11 is 0. The molecule has 0 unspecified atom stereocenters. The lowest BCUT2D eigenvalue weighted by Gasteiger charge is -2.37. The SMILES string of the molecule is CC1CCN(c2cc(N3CCN(C(=O)c4ccc(F)cc4)CC3)c([N+](=O)[O-])cc2F)CC1. The summed E-state index contributed by atoms with van der Waals surface area (Å²) in [4.78, 5) is 29.2. The molecule has 0 spiro atoms. The Bertz CT molecular complexity index is 999. The number of carbonyl (C=O) groups excluding carboxylic acids is 1. The highest BCUT2D eigenvalue weighted by Crippen LogP contribution is 2.37. The molecule has 2 fully saturated rings. The van der Waals surface area contributed by atoms with Crippen molar-refractivity contribution in [1.29, 1.82) is 0 Å². The first-order chi connectivity index (χ1) is 15.3. The first-order valence-electron chi connectivity index (χ1n) is 10.9. The van der Waals surface area contributed by atoms with Crippen LogP contribution >= 0.6 is 0 Å². The molecule has 32 heavy (non-hydrogen) atoms. The van der Waals surface area contributed by atoms with Gasteiger partial charge in [-0.25, -0.2) is 8.78 Å². The van der Waals surface area contributed by atoms with E-state index in [0.717, 1.165) is 32.0 Å². The van der Waals surface area contributed by atoms with Crippen molar-refractivity contribution >= 4 is 23.0 Å². The summed E-state index contributed by atoms with van der Waals surface area (Å²) in [5.41, 5.74) is 0.894. The second kappa shape index (κ2) is 9.10. The van der Waals surface area contributed by atoms with Crippen LogP contribution in [0.4, 0.5) is 25.8 Å². The molecule has 0 N–H and O–H groups in total. The molecule has 170 valence electrons. The average Bonchev–Trinajstić information content (AvgIpc) is 2.80. The van der Waals surface area contributed by atoms with Gasteiger partial charge < -0.3 is 14.7 Å². The molecule has 0 aliphatic carbocycles. The van der Waals surface area contributed by atoms with Crippen molar-refractivity contribution in [3.05, 3.63) is 63.7 Å². The quantitative estimate of drug-likeness (QED) is 0.525. The summed E-state index contributed by atoms with van der Waals surface area (Å²) in [5, 5.41) is 11.6. The summed E-state index contributed by atoms with van der Waals surface area (Å²) in [5.74, 6) is -0.617. The lowest BCUT2D eigenvalue weighted by atomic mass is 9.98. The molecule has 7 nitrogen and oxygen atoms in total. The van der Waals surface area contributed by atoms with Crippen molar-refractivity contribution < 1.29 is 18.5 Å². The van der Waals surface area contributed by atoms with Gasteiger partial charge in [0.25, 0.3) is 11.6 Å². The molecule has 0 bridgehead atoms. The standard InChI is InChI=1S/C23H26F2N4O3/c1-16-6-8-26(9-7-16)20-15-21(22(29(31)32)14-19(20)25)27-10-12-28(13-11-27)23(30)17-2-4-18(24)5-3-17/h2-5,14-16H,6-13H2,1H3. The number of piperidine rings is 1. The Kier molecular flexibility index (Phi) is 6.25. The van der Waals surface area contributed by atoms with Gasteiger partial charge in [0.2, 0.25) is 0 Å². The van der Waals surface area contributed by atoms with Crippen LogP contribution < -0.4 is 9.80 Å². The molecule has 2 aromatic rings. The fraction of sp³-hybridized carbons (Fsp3) is 0.435. The van der Waals surface area contributed by atoms with E-state index in [2.05, 4.69) is 6.92 Å². The fourth-order valence-electron chi connectivity index (χ4n) is 4.36. The molecule has 0 aromatic heterocycles. The van der Waals surface area contributed by atoms with Crippen molar-refractivity contribution in [2.24, 2.45) is 5.92 Å². The number of nitro groups is 1. The zero-order chi connectivity index (χ0) is 22.8. The van der Waals surface area contributed by atoms with E-state index >= 15 is 0 Å². The summed E-state index contributed by atoms with van der Waals surface area (Å²) < 4.78 is 27.9. The van der Waals surface area contributed by atoms with Crippen molar-refractivity contribution in [3.8, 4) is 0 Å². The van der Waals surface area contributed by atoms with Crippen LogP contribution in [0.3, 0.4) is 0 Å². The van der Waals surface area contributed by atoms with Crippen molar-refractivity contribution in [1.82, 2.24) is 4.90 Å². The van der Waals surface area contributed by atoms with E-state index < -0.39 is 16.6 Å². The third-order valence-electron chi connectivity index (χ3n) is 6.36. The molecule has 0 saturated carbocycles. The molecule has 4 rings (SSSR count). The van der Waals surface area contributed by atoms with Crippen LogP contribution in [-0.2, 0) is 0 Å². The Hall–Kier alpha value is -3.23. The summed E-state index contributed by atoms with van der Waals surface area (Å²) in [6.07, 6.45) is 1.91. The minimum Gasteiger partial charge on any atom is -0.369 e. The highest BCUT2D eigenvalue weighted by atomic mass is 19.1. The molecule has 2 aromatic carbocycles. The van der Waals surface area contributed by atoms with Crippen molar-refractivity contribution in [2.45, 2.75) is 19.8 Å². The van der Waals surface area contributed by atoms with E-state index in [-0.39, 0.29) is 11.6 Å². The molecule has 0 radical (unpaired) electrons. The molecule has 2 saturated heterocycles. The molecule has 1 amide bonds. The molecule has 2 aliphatic heterocycles. The van der Waals surface area contributed by atoms with Gasteiger partial charge in [0, 0.05) is 44.8 Å². The van der Waals surface area contributed by atoms with Crippen LogP contribution in [0.1, 0.15) is 30.1 Å². The zero-order valence-corrected chi connectivity index (χ0v) is 18.0. The number of nitro benzene ring substituents is 1. The van der Waals surface area contributed by atoms with Gasteiger partial charge in [0.1, 0.15) is 11.5 Å². The minimum absolute atomic E-state index is 0.207. The summed E-state index contributed by atoms with van der Waals surface area (Å²) in [6, 6.07) is 7.98. The number of amides is 1. The average molecular weight is 444 g/mol. The van der Waals surface area contributed by atoms with E-state index in [1.165, 1.54) is 24.3 Å². The highest BCUT2D eigenvalue weighted by molar-refractivity contribution is 5.94. The second-order valence-electron chi connectivity index (χ2n) is 8.51. The van der Waals surface area contributed by atoms with E-state index in [9.17, 15) is 23.7 Å². The molecule has 0 atom stereocenters. The van der Waals surface area contributed by atoms with Gasteiger partial charge in [-0.2, -0.15) is 0 Å². The Balaban J connectivity index is 1.52. The molecule has 2 aliphatic rings. The topological polar surface area (TPSA) is 69.9 Å².